The number of aromatic nitrogens is 2. The van der Waals surface area contributed by atoms with E-state index >= 15 is 0 Å². The minimum Gasteiger partial charge on any atom is -0.354 e. The molecule has 0 radical (unpaired) electrons. The van der Waals surface area contributed by atoms with Crippen LogP contribution in [0.2, 0.25) is 0 Å². The third-order valence-electron chi connectivity index (χ3n) is 2.88. The summed E-state index contributed by atoms with van der Waals surface area (Å²) in [6.07, 6.45) is 4.12. The number of hydrogen-bond acceptors (Lipinski definition) is 3. The lowest BCUT2D eigenvalue weighted by atomic mass is 9.96. The fraction of sp³-hybridized carbons (Fsp3) is 0.667. The molecule has 1 unspecified atom stereocenters. The van der Waals surface area contributed by atoms with Crippen LogP contribution in [-0.4, -0.2) is 27.8 Å². The molecule has 1 heterocycles. The van der Waals surface area contributed by atoms with Gasteiger partial charge in [-0.05, 0) is 19.4 Å². The molecule has 0 aliphatic carbocycles. The normalized spacial score (nSPS) is 14.4. The van der Waals surface area contributed by atoms with Crippen molar-refractivity contribution in [3.8, 4) is 0 Å². The number of carbonyl (C=O) groups excluding carboxylic acids is 1. The summed E-state index contributed by atoms with van der Waals surface area (Å²) in [4.78, 5) is 11.8. The molecule has 0 aromatic carbocycles. The summed E-state index contributed by atoms with van der Waals surface area (Å²) in [6, 6.07) is 1.94. The van der Waals surface area contributed by atoms with Crippen molar-refractivity contribution in [1.29, 1.82) is 0 Å². The molecule has 1 rings (SSSR count). The van der Waals surface area contributed by atoms with E-state index in [4.69, 9.17) is 5.73 Å². The van der Waals surface area contributed by atoms with Gasteiger partial charge in [-0.1, -0.05) is 13.3 Å². The lowest BCUT2D eigenvalue weighted by Crippen LogP contribution is -2.51. The third kappa shape index (κ3) is 3.85. The van der Waals surface area contributed by atoms with Gasteiger partial charge in [0.2, 0.25) is 5.91 Å². The van der Waals surface area contributed by atoms with Gasteiger partial charge in [-0.15, -0.1) is 0 Å². The Balaban J connectivity index is 2.36. The zero-order valence-corrected chi connectivity index (χ0v) is 10.9. The minimum atomic E-state index is -0.763. The van der Waals surface area contributed by atoms with Crippen molar-refractivity contribution in [2.24, 2.45) is 12.8 Å². The summed E-state index contributed by atoms with van der Waals surface area (Å²) in [6.45, 7) is 4.39. The molecule has 0 saturated heterocycles. The molecule has 5 heteroatoms. The Kier molecular flexibility index (Phi) is 4.69. The molecular formula is C12H22N4O. The molecular weight excluding hydrogens is 216 g/mol. The number of amides is 1. The Morgan fingerprint density at radius 3 is 2.88 bits per heavy atom. The molecule has 1 aromatic rings. The van der Waals surface area contributed by atoms with Gasteiger partial charge >= 0.3 is 0 Å². The summed E-state index contributed by atoms with van der Waals surface area (Å²) < 4.78 is 1.81. The summed E-state index contributed by atoms with van der Waals surface area (Å²) in [7, 11) is 1.89. The van der Waals surface area contributed by atoms with Gasteiger partial charge in [-0.25, -0.2) is 0 Å². The van der Waals surface area contributed by atoms with Gasteiger partial charge < -0.3 is 11.1 Å². The van der Waals surface area contributed by atoms with Gasteiger partial charge in [-0.3, -0.25) is 9.48 Å². The van der Waals surface area contributed by atoms with Crippen LogP contribution < -0.4 is 11.1 Å². The largest absolute Gasteiger partial charge is 0.354 e. The highest BCUT2D eigenvalue weighted by Gasteiger charge is 2.26. The van der Waals surface area contributed by atoms with E-state index in [0.717, 1.165) is 18.5 Å². The lowest BCUT2D eigenvalue weighted by Gasteiger charge is -2.22. The fourth-order valence-corrected chi connectivity index (χ4v) is 1.79. The number of nitrogens with two attached hydrogens (primary N) is 1. The molecule has 0 spiro atoms. The first kappa shape index (κ1) is 13.7. The van der Waals surface area contributed by atoms with Gasteiger partial charge in [0, 0.05) is 31.9 Å². The SMILES string of the molecule is CCCC(C)(N)C(=O)NCCc1ccnn1C. The van der Waals surface area contributed by atoms with E-state index in [1.807, 2.05) is 20.0 Å². The topological polar surface area (TPSA) is 72.9 Å². The number of carbonyl (C=O) groups is 1. The molecule has 1 atom stereocenters. The first-order chi connectivity index (χ1) is 7.97. The van der Waals surface area contributed by atoms with Crippen LogP contribution in [0, 0.1) is 0 Å². The summed E-state index contributed by atoms with van der Waals surface area (Å²) in [5, 5.41) is 6.94. The maximum Gasteiger partial charge on any atom is 0.239 e. The van der Waals surface area contributed by atoms with Crippen molar-refractivity contribution in [2.45, 2.75) is 38.6 Å². The van der Waals surface area contributed by atoms with E-state index in [-0.39, 0.29) is 5.91 Å². The van der Waals surface area contributed by atoms with Crippen LogP contribution in [0.3, 0.4) is 0 Å². The standard InChI is InChI=1S/C12H22N4O/c1-4-7-12(2,13)11(17)14-8-5-10-6-9-15-16(10)3/h6,9H,4-5,7-8,13H2,1-3H3,(H,14,17). The maximum atomic E-state index is 11.8. The van der Waals surface area contributed by atoms with E-state index in [1.165, 1.54) is 0 Å². The number of hydrogen-bond donors (Lipinski definition) is 2. The van der Waals surface area contributed by atoms with Gasteiger partial charge in [-0.2, -0.15) is 5.10 Å². The summed E-state index contributed by atoms with van der Waals surface area (Å²) in [5.74, 6) is -0.0819. The average Bonchev–Trinajstić information content (AvgIpc) is 2.64. The Hall–Kier alpha value is -1.36. The predicted molar refractivity (Wildman–Crippen MR) is 67.4 cm³/mol. The Bertz CT molecular complexity index is 370. The maximum absolute atomic E-state index is 11.8. The second-order valence-electron chi connectivity index (χ2n) is 4.62. The average molecular weight is 238 g/mol. The second-order valence-corrected chi connectivity index (χ2v) is 4.62. The zero-order chi connectivity index (χ0) is 12.9. The van der Waals surface area contributed by atoms with Gasteiger partial charge in [0.1, 0.15) is 0 Å². The first-order valence-electron chi connectivity index (χ1n) is 6.01. The predicted octanol–water partition coefficient (Wildman–Crippen LogP) is 0.596. The van der Waals surface area contributed by atoms with Crippen molar-refractivity contribution in [3.05, 3.63) is 18.0 Å². The van der Waals surface area contributed by atoms with Gasteiger partial charge in [0.05, 0.1) is 5.54 Å². The van der Waals surface area contributed by atoms with Crippen molar-refractivity contribution >= 4 is 5.91 Å². The van der Waals surface area contributed by atoms with E-state index in [2.05, 4.69) is 10.4 Å². The molecule has 96 valence electrons. The van der Waals surface area contributed by atoms with Crippen LogP contribution in [0.15, 0.2) is 12.3 Å². The summed E-state index contributed by atoms with van der Waals surface area (Å²) >= 11 is 0. The Morgan fingerprint density at radius 2 is 2.35 bits per heavy atom. The molecule has 0 fully saturated rings. The van der Waals surface area contributed by atoms with E-state index in [0.29, 0.717) is 13.0 Å². The van der Waals surface area contributed by atoms with E-state index in [1.54, 1.807) is 17.8 Å². The summed E-state index contributed by atoms with van der Waals surface area (Å²) in [5.41, 5.74) is 6.26. The number of rotatable bonds is 6. The Labute approximate surface area is 102 Å². The Morgan fingerprint density at radius 1 is 1.65 bits per heavy atom. The first-order valence-corrected chi connectivity index (χ1v) is 6.01. The van der Waals surface area contributed by atoms with E-state index < -0.39 is 5.54 Å². The lowest BCUT2D eigenvalue weighted by molar-refractivity contribution is -0.126. The number of nitrogens with zero attached hydrogens (tertiary/aromatic N) is 2. The van der Waals surface area contributed by atoms with Gasteiger partial charge in [0.15, 0.2) is 0 Å². The second kappa shape index (κ2) is 5.82. The van der Waals surface area contributed by atoms with Crippen LogP contribution >= 0.6 is 0 Å². The highest BCUT2D eigenvalue weighted by molar-refractivity contribution is 5.85. The molecule has 0 aliphatic rings. The van der Waals surface area contributed by atoms with Crippen LogP contribution in [0.25, 0.3) is 0 Å². The third-order valence-corrected chi connectivity index (χ3v) is 2.88. The molecule has 1 amide bonds. The van der Waals surface area contributed by atoms with Gasteiger partial charge in [0.25, 0.3) is 0 Å². The molecule has 5 nitrogen and oxygen atoms in total. The smallest absolute Gasteiger partial charge is 0.239 e. The molecule has 0 aliphatic heterocycles. The monoisotopic (exact) mass is 238 g/mol. The van der Waals surface area contributed by atoms with Crippen molar-refractivity contribution in [3.63, 3.8) is 0 Å². The van der Waals surface area contributed by atoms with E-state index in [9.17, 15) is 4.79 Å². The molecule has 0 saturated carbocycles. The molecule has 3 N–H and O–H groups in total. The molecule has 17 heavy (non-hydrogen) atoms. The number of nitrogens with one attached hydrogen (secondary N) is 1. The fourth-order valence-electron chi connectivity index (χ4n) is 1.79. The van der Waals surface area contributed by atoms with Crippen LogP contribution in [0.4, 0.5) is 0 Å². The van der Waals surface area contributed by atoms with Crippen molar-refractivity contribution < 1.29 is 4.79 Å². The minimum absolute atomic E-state index is 0.0819. The van der Waals surface area contributed by atoms with Crippen molar-refractivity contribution in [1.82, 2.24) is 15.1 Å². The quantitative estimate of drug-likeness (QED) is 0.762. The highest BCUT2D eigenvalue weighted by Crippen LogP contribution is 2.08. The number of aryl methyl sites for hydroxylation is 1. The van der Waals surface area contributed by atoms with Crippen LogP contribution in [0.5, 0.6) is 0 Å². The van der Waals surface area contributed by atoms with Crippen LogP contribution in [0.1, 0.15) is 32.4 Å². The molecule has 1 aromatic heterocycles. The molecule has 0 bridgehead atoms. The van der Waals surface area contributed by atoms with Crippen molar-refractivity contribution in [2.75, 3.05) is 6.54 Å². The zero-order valence-electron chi connectivity index (χ0n) is 10.9. The highest BCUT2D eigenvalue weighted by atomic mass is 16.2. The van der Waals surface area contributed by atoms with Crippen LogP contribution in [-0.2, 0) is 18.3 Å².